The number of nitrogens with zero attached hydrogens (tertiary/aromatic N) is 2. The highest BCUT2D eigenvalue weighted by molar-refractivity contribution is 5.29. The van der Waals surface area contributed by atoms with E-state index in [1.54, 1.807) is 0 Å². The van der Waals surface area contributed by atoms with Gasteiger partial charge in [0, 0.05) is 6.20 Å². The van der Waals surface area contributed by atoms with Gasteiger partial charge in [0.05, 0.1) is 24.9 Å². The molecule has 2 aromatic rings. The topological polar surface area (TPSA) is 39.1 Å². The van der Waals surface area contributed by atoms with Crippen LogP contribution in [0, 0.1) is 6.92 Å². The molecule has 0 fully saturated rings. The first-order valence-electron chi connectivity index (χ1n) is 7.01. The number of nitrogens with one attached hydrogen (secondary N) is 1. The van der Waals surface area contributed by atoms with Gasteiger partial charge in [-0.3, -0.25) is 4.68 Å². The molecule has 1 aromatic heterocycles. The number of aryl methyl sites for hydroxylation is 1. The van der Waals surface area contributed by atoms with Crippen molar-refractivity contribution in [2.45, 2.75) is 39.5 Å². The minimum absolute atomic E-state index is 0.202. The van der Waals surface area contributed by atoms with E-state index in [9.17, 15) is 0 Å². The van der Waals surface area contributed by atoms with E-state index < -0.39 is 0 Å². The molecule has 2 rings (SSSR count). The van der Waals surface area contributed by atoms with Gasteiger partial charge in [0.2, 0.25) is 0 Å². The molecule has 0 spiro atoms. The van der Waals surface area contributed by atoms with Crippen LogP contribution in [-0.4, -0.2) is 22.9 Å². The molecule has 4 heteroatoms. The van der Waals surface area contributed by atoms with Gasteiger partial charge in [-0.2, -0.15) is 5.10 Å². The standard InChI is InChI=1S/C16H23N3O/c1-12(2)20-15-7-5-14(6-8-15)16(17-4)11-19-10-13(3)9-18-19/h5-10,12,16-17H,11H2,1-4H3. The van der Waals surface area contributed by atoms with Crippen molar-refractivity contribution in [1.82, 2.24) is 15.1 Å². The lowest BCUT2D eigenvalue weighted by molar-refractivity contribution is 0.242. The lowest BCUT2D eigenvalue weighted by Gasteiger charge is -2.17. The highest BCUT2D eigenvalue weighted by Crippen LogP contribution is 2.20. The van der Waals surface area contributed by atoms with Crippen LogP contribution < -0.4 is 10.1 Å². The van der Waals surface area contributed by atoms with Crippen LogP contribution in [-0.2, 0) is 6.54 Å². The summed E-state index contributed by atoms with van der Waals surface area (Å²) in [5, 5.41) is 7.67. The van der Waals surface area contributed by atoms with Gasteiger partial charge in [-0.1, -0.05) is 12.1 Å². The maximum Gasteiger partial charge on any atom is 0.119 e. The second kappa shape index (κ2) is 6.57. The van der Waals surface area contributed by atoms with E-state index in [1.807, 2.05) is 43.9 Å². The Morgan fingerprint density at radius 2 is 1.95 bits per heavy atom. The van der Waals surface area contributed by atoms with Gasteiger partial charge in [0.1, 0.15) is 5.75 Å². The second-order valence-electron chi connectivity index (χ2n) is 5.32. The molecule has 0 saturated carbocycles. The highest BCUT2D eigenvalue weighted by Gasteiger charge is 2.11. The zero-order valence-electron chi connectivity index (χ0n) is 12.6. The van der Waals surface area contributed by atoms with Gasteiger partial charge in [0.15, 0.2) is 0 Å². The Labute approximate surface area is 120 Å². The van der Waals surface area contributed by atoms with Gasteiger partial charge in [-0.15, -0.1) is 0 Å². The summed E-state index contributed by atoms with van der Waals surface area (Å²) in [6.07, 6.45) is 4.14. The predicted molar refractivity (Wildman–Crippen MR) is 81.0 cm³/mol. The summed E-state index contributed by atoms with van der Waals surface area (Å²) in [7, 11) is 1.97. The van der Waals surface area contributed by atoms with E-state index in [4.69, 9.17) is 4.74 Å². The first kappa shape index (κ1) is 14.6. The highest BCUT2D eigenvalue weighted by atomic mass is 16.5. The Kier molecular flexibility index (Phi) is 4.79. The van der Waals surface area contributed by atoms with Crippen LogP contribution in [0.2, 0.25) is 0 Å². The molecule has 1 unspecified atom stereocenters. The molecule has 1 heterocycles. The molecule has 20 heavy (non-hydrogen) atoms. The van der Waals surface area contributed by atoms with Crippen LogP contribution in [0.15, 0.2) is 36.7 Å². The van der Waals surface area contributed by atoms with E-state index in [-0.39, 0.29) is 12.1 Å². The van der Waals surface area contributed by atoms with Crippen LogP contribution >= 0.6 is 0 Å². The average Bonchev–Trinajstić information content (AvgIpc) is 2.82. The number of likely N-dealkylation sites (N-methyl/N-ethyl adjacent to an activating group) is 1. The number of rotatable bonds is 6. The summed E-state index contributed by atoms with van der Waals surface area (Å²) in [6, 6.07) is 8.49. The fourth-order valence-corrected chi connectivity index (χ4v) is 2.17. The third-order valence-corrected chi connectivity index (χ3v) is 3.13. The minimum atomic E-state index is 0.202. The van der Waals surface area contributed by atoms with E-state index in [1.165, 1.54) is 11.1 Å². The van der Waals surface area contributed by atoms with E-state index >= 15 is 0 Å². The van der Waals surface area contributed by atoms with Crippen molar-refractivity contribution in [2.24, 2.45) is 0 Å². The Balaban J connectivity index is 2.07. The van der Waals surface area contributed by atoms with Crippen molar-refractivity contribution in [2.75, 3.05) is 7.05 Å². The predicted octanol–water partition coefficient (Wildman–Crippen LogP) is 2.94. The van der Waals surface area contributed by atoms with Crippen molar-refractivity contribution in [3.05, 3.63) is 47.8 Å². The number of hydrogen-bond donors (Lipinski definition) is 1. The van der Waals surface area contributed by atoms with E-state index in [0.29, 0.717) is 0 Å². The van der Waals surface area contributed by atoms with Crippen molar-refractivity contribution < 1.29 is 4.74 Å². The van der Waals surface area contributed by atoms with Crippen LogP contribution in [0.4, 0.5) is 0 Å². The lowest BCUT2D eigenvalue weighted by Crippen LogP contribution is -2.22. The molecule has 0 aliphatic heterocycles. The summed E-state index contributed by atoms with van der Waals surface area (Å²) in [4.78, 5) is 0. The monoisotopic (exact) mass is 273 g/mol. The average molecular weight is 273 g/mol. The third-order valence-electron chi connectivity index (χ3n) is 3.13. The maximum absolute atomic E-state index is 5.67. The smallest absolute Gasteiger partial charge is 0.119 e. The van der Waals surface area contributed by atoms with Gasteiger partial charge >= 0.3 is 0 Å². The van der Waals surface area contributed by atoms with E-state index in [2.05, 4.69) is 35.7 Å². The summed E-state index contributed by atoms with van der Waals surface area (Å²) >= 11 is 0. The first-order valence-corrected chi connectivity index (χ1v) is 7.01. The molecule has 4 nitrogen and oxygen atoms in total. The Morgan fingerprint density at radius 3 is 2.45 bits per heavy atom. The van der Waals surface area contributed by atoms with Crippen molar-refractivity contribution >= 4 is 0 Å². The van der Waals surface area contributed by atoms with Crippen LogP contribution in [0.1, 0.15) is 31.0 Å². The number of aromatic nitrogens is 2. The molecule has 0 aliphatic rings. The quantitative estimate of drug-likeness (QED) is 0.879. The van der Waals surface area contributed by atoms with Gasteiger partial charge in [-0.25, -0.2) is 0 Å². The third kappa shape index (κ3) is 3.84. The zero-order chi connectivity index (χ0) is 14.5. The molecular weight excluding hydrogens is 250 g/mol. The summed E-state index contributed by atoms with van der Waals surface area (Å²) in [5.41, 5.74) is 2.41. The molecule has 0 amide bonds. The molecule has 1 atom stereocenters. The molecule has 1 N–H and O–H groups in total. The molecule has 108 valence electrons. The van der Waals surface area contributed by atoms with Crippen LogP contribution in [0.3, 0.4) is 0 Å². The summed E-state index contributed by atoms with van der Waals surface area (Å²) in [6.45, 7) is 6.93. The molecule has 0 radical (unpaired) electrons. The maximum atomic E-state index is 5.67. The molecule has 0 bridgehead atoms. The molecule has 0 aliphatic carbocycles. The number of benzene rings is 1. The zero-order valence-corrected chi connectivity index (χ0v) is 12.6. The SMILES string of the molecule is CNC(Cn1cc(C)cn1)c1ccc(OC(C)C)cc1. The lowest BCUT2D eigenvalue weighted by atomic mass is 10.1. The van der Waals surface area contributed by atoms with Gasteiger partial charge < -0.3 is 10.1 Å². The van der Waals surface area contributed by atoms with Gasteiger partial charge in [-0.05, 0) is 51.1 Å². The molecular formula is C16H23N3O. The first-order chi connectivity index (χ1) is 9.58. The van der Waals surface area contributed by atoms with Gasteiger partial charge in [0.25, 0.3) is 0 Å². The fraction of sp³-hybridized carbons (Fsp3) is 0.438. The fourth-order valence-electron chi connectivity index (χ4n) is 2.17. The summed E-state index contributed by atoms with van der Waals surface area (Å²) in [5.74, 6) is 0.911. The van der Waals surface area contributed by atoms with Crippen LogP contribution in [0.25, 0.3) is 0 Å². The second-order valence-corrected chi connectivity index (χ2v) is 5.32. The number of ether oxygens (including phenoxy) is 1. The normalized spacial score (nSPS) is 12.7. The van der Waals surface area contributed by atoms with Crippen molar-refractivity contribution in [1.29, 1.82) is 0 Å². The van der Waals surface area contributed by atoms with Crippen molar-refractivity contribution in [3.8, 4) is 5.75 Å². The largest absolute Gasteiger partial charge is 0.491 e. The Bertz CT molecular complexity index is 531. The number of hydrogen-bond acceptors (Lipinski definition) is 3. The van der Waals surface area contributed by atoms with E-state index in [0.717, 1.165) is 12.3 Å². The summed E-state index contributed by atoms with van der Waals surface area (Å²) < 4.78 is 7.63. The Hall–Kier alpha value is -1.81. The molecule has 1 aromatic carbocycles. The minimum Gasteiger partial charge on any atom is -0.491 e. The van der Waals surface area contributed by atoms with Crippen molar-refractivity contribution in [3.63, 3.8) is 0 Å². The van der Waals surface area contributed by atoms with Crippen LogP contribution in [0.5, 0.6) is 5.75 Å². The molecule has 0 saturated heterocycles. The Morgan fingerprint density at radius 1 is 1.25 bits per heavy atom.